The van der Waals surface area contributed by atoms with Gasteiger partial charge in [0.1, 0.15) is 0 Å². The van der Waals surface area contributed by atoms with Crippen LogP contribution in [0.4, 0.5) is 0 Å². The maximum absolute atomic E-state index is 5.34. The van der Waals surface area contributed by atoms with Gasteiger partial charge in [-0.3, -0.25) is 4.57 Å². The van der Waals surface area contributed by atoms with Crippen molar-refractivity contribution in [2.45, 2.75) is 0 Å². The lowest BCUT2D eigenvalue weighted by Crippen LogP contribution is -2.03. The van der Waals surface area contributed by atoms with E-state index in [0.29, 0.717) is 5.95 Å². The number of nitrogens with zero attached hydrogens (tertiary/aromatic N) is 4. The smallest absolute Gasteiger partial charge is 0.235 e. The van der Waals surface area contributed by atoms with Crippen LogP contribution < -0.4 is 0 Å². The van der Waals surface area contributed by atoms with Crippen molar-refractivity contribution in [1.29, 1.82) is 0 Å². The van der Waals surface area contributed by atoms with Gasteiger partial charge in [0.15, 0.2) is 0 Å². The summed E-state index contributed by atoms with van der Waals surface area (Å²) < 4.78 is 4.48. The van der Waals surface area contributed by atoms with Crippen LogP contribution in [0.15, 0.2) is 146 Å². The van der Waals surface area contributed by atoms with Gasteiger partial charge < -0.3 is 4.57 Å². The van der Waals surface area contributed by atoms with E-state index in [0.717, 1.165) is 38.9 Å². The summed E-state index contributed by atoms with van der Waals surface area (Å²) in [5.74, 6) is 0.671. The largest absolute Gasteiger partial charge is 0.317 e. The molecule has 0 aliphatic heterocycles. The molecule has 0 aliphatic carbocycles. The maximum atomic E-state index is 5.34. The number of para-hydroxylation sites is 3. The van der Waals surface area contributed by atoms with Crippen molar-refractivity contribution >= 4 is 54.4 Å². The van der Waals surface area contributed by atoms with Gasteiger partial charge >= 0.3 is 0 Å². The second-order valence-electron chi connectivity index (χ2n) is 10.7. The van der Waals surface area contributed by atoms with E-state index in [1.165, 1.54) is 32.4 Å². The van der Waals surface area contributed by atoms with Crippen LogP contribution in [-0.2, 0) is 0 Å². The van der Waals surface area contributed by atoms with Crippen molar-refractivity contribution in [3.63, 3.8) is 0 Å². The highest BCUT2D eigenvalue weighted by Crippen LogP contribution is 2.37. The van der Waals surface area contributed by atoms with Crippen LogP contribution in [-0.4, -0.2) is 19.1 Å². The van der Waals surface area contributed by atoms with E-state index < -0.39 is 0 Å². The zero-order valence-corrected chi connectivity index (χ0v) is 22.6. The second-order valence-corrected chi connectivity index (χ2v) is 10.7. The van der Waals surface area contributed by atoms with Gasteiger partial charge in [-0.25, -0.2) is 9.97 Å². The van der Waals surface area contributed by atoms with E-state index in [1.54, 1.807) is 0 Å². The lowest BCUT2D eigenvalue weighted by molar-refractivity contribution is 1.01. The molecular formula is C38H24N4. The minimum atomic E-state index is 0.671. The number of aromatic nitrogens is 4. The summed E-state index contributed by atoms with van der Waals surface area (Å²) in [5.41, 5.74) is 7.47. The number of rotatable bonds is 3. The first-order valence-electron chi connectivity index (χ1n) is 14.2. The van der Waals surface area contributed by atoms with Crippen LogP contribution in [0.1, 0.15) is 0 Å². The molecule has 0 N–H and O–H groups in total. The molecular weight excluding hydrogens is 512 g/mol. The lowest BCUT2D eigenvalue weighted by Gasteiger charge is -2.13. The molecule has 0 saturated carbocycles. The zero-order chi connectivity index (χ0) is 27.6. The van der Waals surface area contributed by atoms with Gasteiger partial charge in [0.25, 0.3) is 0 Å². The Labute approximate surface area is 241 Å². The van der Waals surface area contributed by atoms with Crippen molar-refractivity contribution in [3.05, 3.63) is 146 Å². The van der Waals surface area contributed by atoms with Crippen molar-refractivity contribution < 1.29 is 0 Å². The van der Waals surface area contributed by atoms with Crippen LogP contribution in [0.2, 0.25) is 0 Å². The summed E-state index contributed by atoms with van der Waals surface area (Å²) in [4.78, 5) is 10.5. The summed E-state index contributed by atoms with van der Waals surface area (Å²) in [7, 11) is 0. The Morgan fingerprint density at radius 3 is 2.10 bits per heavy atom. The van der Waals surface area contributed by atoms with Crippen molar-refractivity contribution in [2.24, 2.45) is 0 Å². The summed E-state index contributed by atoms with van der Waals surface area (Å²) >= 11 is 0. The first-order chi connectivity index (χ1) is 20.8. The van der Waals surface area contributed by atoms with Gasteiger partial charge in [0, 0.05) is 39.0 Å². The molecule has 9 aromatic rings. The minimum absolute atomic E-state index is 0.671. The summed E-state index contributed by atoms with van der Waals surface area (Å²) in [6, 6.07) is 49.1. The Balaban J connectivity index is 1.37. The average molecular weight is 537 g/mol. The quantitative estimate of drug-likeness (QED) is 0.225. The number of fused-ring (bicyclic) bond motifs is 6. The third kappa shape index (κ3) is 3.36. The van der Waals surface area contributed by atoms with Gasteiger partial charge in [0.2, 0.25) is 5.95 Å². The number of benzene rings is 6. The van der Waals surface area contributed by atoms with E-state index in [4.69, 9.17) is 9.97 Å². The molecule has 3 aromatic heterocycles. The molecule has 0 fully saturated rings. The highest BCUT2D eigenvalue weighted by Gasteiger charge is 2.19. The Kier molecular flexibility index (Phi) is 4.87. The molecule has 0 unspecified atom stereocenters. The molecule has 9 rings (SSSR count). The standard InChI is InChI=1S/C38H24N4/c1-2-13-27(14-3-1)41-22-21-26-23-36-32(24-35(26)41)29-16-7-9-20-34(29)42(36)38-39-33-19-8-6-17-31(33)37(40-38)30-18-10-12-25-11-4-5-15-28(25)30/h1-24H. The monoisotopic (exact) mass is 536 g/mol. The van der Waals surface area contributed by atoms with Crippen LogP contribution in [0.25, 0.3) is 77.3 Å². The van der Waals surface area contributed by atoms with Gasteiger partial charge in [0.05, 0.1) is 27.8 Å². The fraction of sp³-hybridized carbons (Fsp3) is 0. The first-order valence-corrected chi connectivity index (χ1v) is 14.2. The Morgan fingerprint density at radius 2 is 1.19 bits per heavy atom. The summed E-state index contributed by atoms with van der Waals surface area (Å²) in [5, 5.41) is 6.95. The summed E-state index contributed by atoms with van der Waals surface area (Å²) in [6.45, 7) is 0. The van der Waals surface area contributed by atoms with Gasteiger partial charge in [-0.15, -0.1) is 0 Å². The fourth-order valence-electron chi connectivity index (χ4n) is 6.43. The van der Waals surface area contributed by atoms with Gasteiger partial charge in [-0.1, -0.05) is 97.1 Å². The topological polar surface area (TPSA) is 35.6 Å². The van der Waals surface area contributed by atoms with E-state index in [9.17, 15) is 0 Å². The minimum Gasteiger partial charge on any atom is -0.317 e. The molecule has 0 aliphatic rings. The predicted molar refractivity (Wildman–Crippen MR) is 174 cm³/mol. The molecule has 0 bridgehead atoms. The molecule has 4 heteroatoms. The van der Waals surface area contributed by atoms with E-state index in [1.807, 2.05) is 6.07 Å². The molecule has 3 heterocycles. The fourth-order valence-corrected chi connectivity index (χ4v) is 6.43. The third-order valence-corrected chi connectivity index (χ3v) is 8.35. The second kappa shape index (κ2) is 8.88. The van der Waals surface area contributed by atoms with E-state index in [-0.39, 0.29) is 0 Å². The highest BCUT2D eigenvalue weighted by atomic mass is 15.2. The van der Waals surface area contributed by atoms with E-state index in [2.05, 4.69) is 149 Å². The Hall–Kier alpha value is -5.74. The molecule has 0 atom stereocenters. The average Bonchev–Trinajstić information content (AvgIpc) is 3.62. The number of hydrogen-bond acceptors (Lipinski definition) is 2. The molecule has 0 spiro atoms. The first kappa shape index (κ1) is 23.0. The molecule has 196 valence electrons. The summed E-state index contributed by atoms with van der Waals surface area (Å²) in [6.07, 6.45) is 2.15. The maximum Gasteiger partial charge on any atom is 0.235 e. The van der Waals surface area contributed by atoms with Crippen molar-refractivity contribution in [3.8, 4) is 22.9 Å². The highest BCUT2D eigenvalue weighted by molar-refractivity contribution is 6.13. The Bertz CT molecular complexity index is 2460. The molecule has 0 saturated heterocycles. The third-order valence-electron chi connectivity index (χ3n) is 8.35. The van der Waals surface area contributed by atoms with Crippen LogP contribution in [0.5, 0.6) is 0 Å². The van der Waals surface area contributed by atoms with Crippen LogP contribution in [0, 0.1) is 0 Å². The Morgan fingerprint density at radius 1 is 0.452 bits per heavy atom. The molecule has 0 radical (unpaired) electrons. The molecule has 0 amide bonds. The lowest BCUT2D eigenvalue weighted by atomic mass is 9.99. The van der Waals surface area contributed by atoms with Crippen molar-refractivity contribution in [1.82, 2.24) is 19.1 Å². The van der Waals surface area contributed by atoms with E-state index >= 15 is 0 Å². The number of hydrogen-bond donors (Lipinski definition) is 0. The molecule has 6 aromatic carbocycles. The van der Waals surface area contributed by atoms with Gasteiger partial charge in [-0.05, 0) is 53.2 Å². The normalized spacial score (nSPS) is 11.8. The predicted octanol–water partition coefficient (Wildman–Crippen LogP) is 9.49. The van der Waals surface area contributed by atoms with Crippen LogP contribution >= 0.6 is 0 Å². The van der Waals surface area contributed by atoms with Gasteiger partial charge in [-0.2, -0.15) is 0 Å². The zero-order valence-electron chi connectivity index (χ0n) is 22.6. The SMILES string of the molecule is c1ccc(-n2ccc3cc4c(cc32)c2ccccc2n4-c2nc(-c3cccc4ccccc34)c3ccccc3n2)cc1. The molecule has 4 nitrogen and oxygen atoms in total. The molecule has 42 heavy (non-hydrogen) atoms. The van der Waals surface area contributed by atoms with Crippen LogP contribution in [0.3, 0.4) is 0 Å². The van der Waals surface area contributed by atoms with Crippen molar-refractivity contribution in [2.75, 3.05) is 0 Å².